The molecule has 1 atom stereocenters. The van der Waals surface area contributed by atoms with E-state index >= 15 is 0 Å². The van der Waals surface area contributed by atoms with Gasteiger partial charge >= 0.3 is 12.1 Å². The number of amides is 4. The molecule has 1 aromatic rings. The summed E-state index contributed by atoms with van der Waals surface area (Å²) in [5.41, 5.74) is 2.37. The predicted octanol–water partition coefficient (Wildman–Crippen LogP) is 3.94. The molecule has 1 saturated heterocycles. The van der Waals surface area contributed by atoms with Crippen LogP contribution in [0.25, 0.3) is 0 Å². The molecule has 2 aliphatic rings. The Kier molecular flexibility index (Phi) is 8.83. The summed E-state index contributed by atoms with van der Waals surface area (Å²) in [5.74, 6) is 0. The van der Waals surface area contributed by atoms with Gasteiger partial charge in [0.2, 0.25) is 6.41 Å². The van der Waals surface area contributed by atoms with Crippen LogP contribution >= 0.6 is 0 Å². The number of alkyl carbamates (subject to hydrolysis) is 1. The van der Waals surface area contributed by atoms with Gasteiger partial charge in [-0.05, 0) is 45.4 Å². The van der Waals surface area contributed by atoms with Gasteiger partial charge < -0.3 is 20.3 Å². The number of fused-ring (bicyclic) bond motifs is 2. The van der Waals surface area contributed by atoms with Gasteiger partial charge in [-0.2, -0.15) is 5.06 Å². The Morgan fingerprint density at radius 1 is 1.31 bits per heavy atom. The Morgan fingerprint density at radius 3 is 2.59 bits per heavy atom. The van der Waals surface area contributed by atoms with Crippen molar-refractivity contribution in [3.63, 3.8) is 0 Å². The lowest BCUT2D eigenvalue weighted by Gasteiger charge is -2.19. The monoisotopic (exact) mass is 448 g/mol. The molecule has 0 radical (unpaired) electrons. The topological polar surface area (TPSA) is 100 Å². The first kappa shape index (κ1) is 24.9. The van der Waals surface area contributed by atoms with Crippen molar-refractivity contribution >= 4 is 24.2 Å². The first-order valence-electron chi connectivity index (χ1n) is 10.4. The second kappa shape index (κ2) is 11.3. The van der Waals surface area contributed by atoms with Crippen molar-refractivity contribution in [1.82, 2.24) is 15.3 Å². The fourth-order valence-electron chi connectivity index (χ4n) is 3.15. The number of rotatable bonds is 7. The van der Waals surface area contributed by atoms with Crippen LogP contribution in [0, 0.1) is 0 Å². The van der Waals surface area contributed by atoms with E-state index in [4.69, 9.17) is 9.57 Å². The van der Waals surface area contributed by atoms with Crippen molar-refractivity contribution in [2.45, 2.75) is 45.9 Å². The summed E-state index contributed by atoms with van der Waals surface area (Å²) in [6, 6.07) is 7.22. The van der Waals surface area contributed by atoms with Crippen LogP contribution in [0.4, 0.5) is 15.3 Å². The number of urea groups is 1. The summed E-state index contributed by atoms with van der Waals surface area (Å²) in [6.45, 7) is 13.3. The van der Waals surface area contributed by atoms with Crippen molar-refractivity contribution < 1.29 is 26.8 Å². The van der Waals surface area contributed by atoms with Crippen LogP contribution in [0.5, 0.6) is 0 Å². The summed E-state index contributed by atoms with van der Waals surface area (Å²) < 4.78 is 5.11. The standard InChI is InChI=1S/C13H18N2O3.C10H14N2O2.2H2/c1-13(2,3)18-12(17)14-8-10-4-6-11(7-5-10)15-9-16;1-3-4-14-12-9-5-8(2)6-11(7-9)10(12)13;;/h4-7,9H,8H2,1-3H3,(H,14,17)(H,15,16);3,5,9H,1,4,6-7H2,2H3;2*1H/t;9-;;/m.1../s1. The number of ether oxygens (including phenoxy) is 1. The van der Waals surface area contributed by atoms with Crippen molar-refractivity contribution in [2.24, 2.45) is 0 Å². The molecule has 2 aliphatic heterocycles. The number of hydroxylamine groups is 2. The number of benzene rings is 1. The van der Waals surface area contributed by atoms with E-state index in [9.17, 15) is 14.4 Å². The predicted molar refractivity (Wildman–Crippen MR) is 126 cm³/mol. The summed E-state index contributed by atoms with van der Waals surface area (Å²) in [4.78, 5) is 40.4. The highest BCUT2D eigenvalue weighted by Gasteiger charge is 2.39. The smallest absolute Gasteiger partial charge is 0.407 e. The van der Waals surface area contributed by atoms with Crippen LogP contribution < -0.4 is 10.6 Å². The number of carbonyl (C=O) groups is 3. The molecule has 2 bridgehead atoms. The molecule has 4 amide bonds. The van der Waals surface area contributed by atoms with E-state index in [1.807, 2.05) is 39.8 Å². The van der Waals surface area contributed by atoms with E-state index in [0.29, 0.717) is 25.2 Å². The molecular formula is C23H36N4O5. The Balaban J connectivity index is 0.000000619. The molecule has 0 spiro atoms. The molecule has 178 valence electrons. The molecule has 0 aromatic heterocycles. The van der Waals surface area contributed by atoms with E-state index in [1.54, 1.807) is 23.1 Å². The lowest BCUT2D eigenvalue weighted by Crippen LogP contribution is -2.33. The number of nitrogens with one attached hydrogen (secondary N) is 2. The third kappa shape index (κ3) is 7.73. The van der Waals surface area contributed by atoms with E-state index in [2.05, 4.69) is 23.3 Å². The third-order valence-corrected chi connectivity index (χ3v) is 4.43. The Hall–Kier alpha value is -3.33. The molecule has 32 heavy (non-hydrogen) atoms. The zero-order valence-electron chi connectivity index (χ0n) is 19.1. The Bertz CT molecular complexity index is 856. The summed E-state index contributed by atoms with van der Waals surface area (Å²) in [5, 5.41) is 6.64. The molecule has 0 saturated carbocycles. The highest BCUT2D eigenvalue weighted by Crippen LogP contribution is 2.24. The maximum atomic E-state index is 11.7. The maximum Gasteiger partial charge on any atom is 0.407 e. The van der Waals surface area contributed by atoms with Gasteiger partial charge in [0.1, 0.15) is 5.60 Å². The molecule has 1 aromatic carbocycles. The molecule has 2 N–H and O–H groups in total. The highest BCUT2D eigenvalue weighted by atomic mass is 16.7. The summed E-state index contributed by atoms with van der Waals surface area (Å²) in [6.07, 6.45) is 3.90. The van der Waals surface area contributed by atoms with E-state index in [-0.39, 0.29) is 14.9 Å². The van der Waals surface area contributed by atoms with Crippen LogP contribution in [0.15, 0.2) is 48.6 Å². The average Bonchev–Trinajstić information content (AvgIpc) is 2.93. The van der Waals surface area contributed by atoms with Gasteiger partial charge in [-0.1, -0.05) is 29.9 Å². The first-order valence-corrected chi connectivity index (χ1v) is 10.4. The van der Waals surface area contributed by atoms with Crippen molar-refractivity contribution in [3.05, 3.63) is 54.1 Å². The molecule has 1 fully saturated rings. The fourth-order valence-corrected chi connectivity index (χ4v) is 3.15. The van der Waals surface area contributed by atoms with E-state index in [0.717, 1.165) is 18.7 Å². The number of hydrogen-bond donors (Lipinski definition) is 2. The lowest BCUT2D eigenvalue weighted by atomic mass is 10.1. The van der Waals surface area contributed by atoms with E-state index in [1.165, 1.54) is 10.6 Å². The second-order valence-electron chi connectivity index (χ2n) is 8.47. The van der Waals surface area contributed by atoms with Crippen molar-refractivity contribution in [2.75, 3.05) is 25.0 Å². The van der Waals surface area contributed by atoms with Gasteiger partial charge in [0.15, 0.2) is 0 Å². The van der Waals surface area contributed by atoms with Gasteiger partial charge in [-0.15, -0.1) is 6.58 Å². The fraction of sp³-hybridized carbons (Fsp3) is 0.435. The SMILES string of the molecule is C=CCON1C(=O)N2CC(C)=C[C@@H]1C2.CC(C)(C)OC(=O)NCc1ccc(NC=O)cc1.[HH].[HH]. The summed E-state index contributed by atoms with van der Waals surface area (Å²) >= 11 is 0. The minimum atomic E-state index is -0.498. The van der Waals surface area contributed by atoms with Gasteiger partial charge in [-0.25, -0.2) is 9.59 Å². The molecular weight excluding hydrogens is 412 g/mol. The molecule has 0 unspecified atom stereocenters. The molecule has 9 heteroatoms. The van der Waals surface area contributed by atoms with Gasteiger partial charge in [0.25, 0.3) is 0 Å². The van der Waals surface area contributed by atoms with Gasteiger partial charge in [0, 0.05) is 28.2 Å². The third-order valence-electron chi connectivity index (χ3n) is 4.43. The molecule has 0 aliphatic carbocycles. The van der Waals surface area contributed by atoms with E-state index < -0.39 is 11.7 Å². The Labute approximate surface area is 192 Å². The zero-order valence-corrected chi connectivity index (χ0v) is 19.1. The van der Waals surface area contributed by atoms with Crippen molar-refractivity contribution in [3.8, 4) is 0 Å². The normalized spacial score (nSPS) is 17.1. The summed E-state index contributed by atoms with van der Waals surface area (Å²) in [7, 11) is 0. The van der Waals surface area contributed by atoms with Crippen LogP contribution in [0.2, 0.25) is 0 Å². The zero-order chi connectivity index (χ0) is 23.7. The lowest BCUT2D eigenvalue weighted by molar-refractivity contribution is -0.107. The second-order valence-corrected chi connectivity index (χ2v) is 8.47. The Morgan fingerprint density at radius 2 is 2.00 bits per heavy atom. The van der Waals surface area contributed by atoms with Crippen molar-refractivity contribution in [1.29, 1.82) is 0 Å². The minimum absolute atomic E-state index is 0. The van der Waals surface area contributed by atoms with Gasteiger partial charge in [0.05, 0.1) is 12.6 Å². The highest BCUT2D eigenvalue weighted by molar-refractivity contribution is 5.77. The van der Waals surface area contributed by atoms with Gasteiger partial charge in [-0.3, -0.25) is 9.63 Å². The van der Waals surface area contributed by atoms with Crippen LogP contribution in [0.3, 0.4) is 0 Å². The average molecular weight is 449 g/mol. The number of nitrogens with zero attached hydrogens (tertiary/aromatic N) is 2. The minimum Gasteiger partial charge on any atom is -0.444 e. The number of anilines is 1. The first-order chi connectivity index (χ1) is 15.1. The number of hydrogen-bond acceptors (Lipinski definition) is 5. The van der Waals surface area contributed by atoms with Crippen LogP contribution in [-0.4, -0.2) is 59.8 Å². The quantitative estimate of drug-likeness (QED) is 0.486. The van der Waals surface area contributed by atoms with Crippen LogP contribution in [0.1, 0.15) is 36.1 Å². The number of carbonyl (C=O) groups excluding carboxylic acids is 3. The maximum absolute atomic E-state index is 11.7. The molecule has 3 rings (SSSR count). The molecule has 2 heterocycles. The largest absolute Gasteiger partial charge is 0.444 e. The molecule has 9 nitrogen and oxygen atoms in total. The van der Waals surface area contributed by atoms with Crippen LogP contribution in [-0.2, 0) is 20.9 Å².